The highest BCUT2D eigenvalue weighted by Crippen LogP contribution is 2.23. The second-order valence-corrected chi connectivity index (χ2v) is 7.08. The van der Waals surface area contributed by atoms with Gasteiger partial charge in [0.25, 0.3) is 0 Å². The summed E-state index contributed by atoms with van der Waals surface area (Å²) in [7, 11) is 0. The molecule has 3 rings (SSSR count). The summed E-state index contributed by atoms with van der Waals surface area (Å²) in [6.07, 6.45) is 0.736. The van der Waals surface area contributed by atoms with E-state index in [1.165, 1.54) is 11.3 Å². The number of benzene rings is 2. The molecule has 0 spiro atoms. The summed E-state index contributed by atoms with van der Waals surface area (Å²) in [5.74, 6) is 0.678. The van der Waals surface area contributed by atoms with Gasteiger partial charge in [0.1, 0.15) is 5.75 Å². The number of rotatable bonds is 6. The highest BCUT2D eigenvalue weighted by atomic mass is 35.5. The molecule has 1 heterocycles. The van der Waals surface area contributed by atoms with E-state index in [9.17, 15) is 4.79 Å². The Balaban J connectivity index is 1.34. The lowest BCUT2D eigenvalue weighted by Gasteiger charge is -2.36. The molecule has 0 bridgehead atoms. The third-order valence-corrected chi connectivity index (χ3v) is 4.94. The normalized spacial score (nSPS) is 14.1. The van der Waals surface area contributed by atoms with Crippen molar-refractivity contribution in [3.05, 3.63) is 59.1 Å². The predicted molar refractivity (Wildman–Crippen MR) is 110 cm³/mol. The molecule has 1 fully saturated rings. The average Bonchev–Trinajstić information content (AvgIpc) is 2.69. The number of hydrogen-bond acceptors (Lipinski definition) is 3. The smallest absolute Gasteiger partial charge is 0.317 e. The largest absolute Gasteiger partial charge is 0.492 e. The van der Waals surface area contributed by atoms with Gasteiger partial charge in [0.2, 0.25) is 0 Å². The van der Waals surface area contributed by atoms with Crippen LogP contribution >= 0.6 is 11.6 Å². The van der Waals surface area contributed by atoms with Gasteiger partial charge in [0.05, 0.1) is 11.6 Å². The standard InChI is InChI=1S/C21H26ClN3O2/c1-17-6-4-7-18(16-17)24-11-13-25(14-12-24)21(26)23-10-5-15-27-20-9-3-2-8-19(20)22/h2-4,6-9,16H,5,10-15H2,1H3,(H,23,26). The maximum atomic E-state index is 12.3. The molecule has 6 heteroatoms. The van der Waals surface area contributed by atoms with Crippen LogP contribution in [0.5, 0.6) is 5.75 Å². The summed E-state index contributed by atoms with van der Waals surface area (Å²) in [6, 6.07) is 15.9. The number of carbonyl (C=O) groups excluding carboxylic acids is 1. The number of urea groups is 1. The first-order chi connectivity index (χ1) is 13.1. The van der Waals surface area contributed by atoms with Gasteiger partial charge in [-0.1, -0.05) is 35.9 Å². The van der Waals surface area contributed by atoms with Gasteiger partial charge in [-0.2, -0.15) is 0 Å². The maximum Gasteiger partial charge on any atom is 0.317 e. The summed E-state index contributed by atoms with van der Waals surface area (Å²) >= 11 is 6.05. The van der Waals surface area contributed by atoms with Crippen LogP contribution < -0.4 is 15.0 Å². The molecule has 1 aliphatic heterocycles. The third kappa shape index (κ3) is 5.54. The predicted octanol–water partition coefficient (Wildman–Crippen LogP) is 3.95. The number of ether oxygens (including phenoxy) is 1. The van der Waals surface area contributed by atoms with Gasteiger partial charge in [-0.15, -0.1) is 0 Å². The number of hydrogen-bond donors (Lipinski definition) is 1. The highest BCUT2D eigenvalue weighted by Gasteiger charge is 2.20. The molecular weight excluding hydrogens is 362 g/mol. The van der Waals surface area contributed by atoms with Crippen molar-refractivity contribution >= 4 is 23.3 Å². The molecule has 5 nitrogen and oxygen atoms in total. The van der Waals surface area contributed by atoms with E-state index < -0.39 is 0 Å². The van der Waals surface area contributed by atoms with Gasteiger partial charge in [-0.3, -0.25) is 0 Å². The fourth-order valence-electron chi connectivity index (χ4n) is 3.12. The van der Waals surface area contributed by atoms with Crippen molar-refractivity contribution in [3.63, 3.8) is 0 Å². The molecule has 0 unspecified atom stereocenters. The quantitative estimate of drug-likeness (QED) is 0.763. The minimum absolute atomic E-state index is 0.00312. The summed E-state index contributed by atoms with van der Waals surface area (Å²) in [5, 5.41) is 3.58. The molecule has 144 valence electrons. The topological polar surface area (TPSA) is 44.8 Å². The van der Waals surface area contributed by atoms with E-state index in [0.717, 1.165) is 32.6 Å². The first-order valence-corrected chi connectivity index (χ1v) is 9.73. The Morgan fingerprint density at radius 1 is 1.11 bits per heavy atom. The lowest BCUT2D eigenvalue weighted by Crippen LogP contribution is -2.52. The van der Waals surface area contributed by atoms with Crippen LogP contribution in [-0.4, -0.2) is 50.3 Å². The van der Waals surface area contributed by atoms with E-state index in [1.807, 2.05) is 23.1 Å². The maximum absolute atomic E-state index is 12.3. The van der Waals surface area contributed by atoms with E-state index in [2.05, 4.69) is 41.4 Å². The van der Waals surface area contributed by atoms with E-state index in [4.69, 9.17) is 16.3 Å². The fraction of sp³-hybridized carbons (Fsp3) is 0.381. The van der Waals surface area contributed by atoms with E-state index in [0.29, 0.717) is 23.9 Å². The Hall–Kier alpha value is -2.40. The molecule has 0 aliphatic carbocycles. The lowest BCUT2D eigenvalue weighted by atomic mass is 10.2. The minimum atomic E-state index is -0.00312. The van der Waals surface area contributed by atoms with Crippen molar-refractivity contribution in [1.82, 2.24) is 10.2 Å². The number of carbonyl (C=O) groups is 1. The van der Waals surface area contributed by atoms with Crippen molar-refractivity contribution in [2.45, 2.75) is 13.3 Å². The Labute approximate surface area is 165 Å². The number of piperazine rings is 1. The van der Waals surface area contributed by atoms with Crippen molar-refractivity contribution in [2.75, 3.05) is 44.2 Å². The van der Waals surface area contributed by atoms with Crippen LogP contribution in [0.3, 0.4) is 0 Å². The average molecular weight is 388 g/mol. The Morgan fingerprint density at radius 2 is 1.89 bits per heavy atom. The Kier molecular flexibility index (Phi) is 6.82. The number of halogens is 1. The summed E-state index contributed by atoms with van der Waals surface area (Å²) in [6.45, 7) is 6.37. The van der Waals surface area contributed by atoms with Gasteiger partial charge < -0.3 is 19.9 Å². The van der Waals surface area contributed by atoms with Gasteiger partial charge in [0.15, 0.2) is 0 Å². The van der Waals surface area contributed by atoms with Gasteiger partial charge in [0, 0.05) is 38.4 Å². The van der Waals surface area contributed by atoms with Crippen LogP contribution in [0, 0.1) is 6.92 Å². The number of aryl methyl sites for hydroxylation is 1. The third-order valence-electron chi connectivity index (χ3n) is 4.63. The highest BCUT2D eigenvalue weighted by molar-refractivity contribution is 6.32. The second-order valence-electron chi connectivity index (χ2n) is 6.68. The molecule has 27 heavy (non-hydrogen) atoms. The first-order valence-electron chi connectivity index (χ1n) is 9.35. The number of para-hydroxylation sites is 1. The fourth-order valence-corrected chi connectivity index (χ4v) is 3.31. The number of anilines is 1. The number of nitrogens with one attached hydrogen (secondary N) is 1. The molecule has 1 saturated heterocycles. The number of nitrogens with zero attached hydrogens (tertiary/aromatic N) is 2. The molecule has 1 aliphatic rings. The molecule has 0 radical (unpaired) electrons. The van der Waals surface area contributed by atoms with Crippen LogP contribution in [-0.2, 0) is 0 Å². The molecule has 0 aromatic heterocycles. The molecule has 2 aromatic rings. The van der Waals surface area contributed by atoms with Crippen molar-refractivity contribution in [3.8, 4) is 5.75 Å². The zero-order chi connectivity index (χ0) is 19.1. The first kappa shape index (κ1) is 19.4. The molecular formula is C21H26ClN3O2. The number of amides is 2. The van der Waals surface area contributed by atoms with Crippen LogP contribution in [0.15, 0.2) is 48.5 Å². The second kappa shape index (κ2) is 9.51. The minimum Gasteiger partial charge on any atom is -0.492 e. The zero-order valence-corrected chi connectivity index (χ0v) is 16.4. The van der Waals surface area contributed by atoms with Crippen molar-refractivity contribution in [1.29, 1.82) is 0 Å². The van der Waals surface area contributed by atoms with E-state index in [1.54, 1.807) is 6.07 Å². The molecule has 2 amide bonds. The van der Waals surface area contributed by atoms with Crippen LogP contribution in [0.1, 0.15) is 12.0 Å². The SMILES string of the molecule is Cc1cccc(N2CCN(C(=O)NCCCOc3ccccc3Cl)CC2)c1. The summed E-state index contributed by atoms with van der Waals surface area (Å²) < 4.78 is 5.63. The van der Waals surface area contributed by atoms with Crippen molar-refractivity contribution in [2.24, 2.45) is 0 Å². The van der Waals surface area contributed by atoms with Crippen LogP contribution in [0.2, 0.25) is 5.02 Å². The molecule has 0 atom stereocenters. The van der Waals surface area contributed by atoms with E-state index in [-0.39, 0.29) is 6.03 Å². The zero-order valence-electron chi connectivity index (χ0n) is 15.7. The monoisotopic (exact) mass is 387 g/mol. The van der Waals surface area contributed by atoms with Crippen LogP contribution in [0.25, 0.3) is 0 Å². The van der Waals surface area contributed by atoms with Crippen molar-refractivity contribution < 1.29 is 9.53 Å². The Morgan fingerprint density at radius 3 is 2.63 bits per heavy atom. The van der Waals surface area contributed by atoms with Gasteiger partial charge >= 0.3 is 6.03 Å². The Bertz CT molecular complexity index is 761. The summed E-state index contributed by atoms with van der Waals surface area (Å²) in [5.41, 5.74) is 2.48. The van der Waals surface area contributed by atoms with Crippen LogP contribution in [0.4, 0.5) is 10.5 Å². The molecule has 0 saturated carbocycles. The lowest BCUT2D eigenvalue weighted by molar-refractivity contribution is 0.193. The van der Waals surface area contributed by atoms with E-state index >= 15 is 0 Å². The molecule has 1 N–H and O–H groups in total. The molecule has 2 aromatic carbocycles. The van der Waals surface area contributed by atoms with Gasteiger partial charge in [-0.05, 0) is 43.2 Å². The van der Waals surface area contributed by atoms with Gasteiger partial charge in [-0.25, -0.2) is 4.79 Å². The summed E-state index contributed by atoms with van der Waals surface area (Å²) in [4.78, 5) is 16.5.